The molecular formula is C24H20ClNO2. The lowest BCUT2D eigenvalue weighted by atomic mass is 9.95. The number of carbonyl (C=O) groups excluding carboxylic acids is 2. The maximum atomic E-state index is 12.5. The van der Waals surface area contributed by atoms with Gasteiger partial charge in [-0.25, -0.2) is 0 Å². The fourth-order valence-corrected chi connectivity index (χ4v) is 3.86. The molecule has 0 fully saturated rings. The van der Waals surface area contributed by atoms with Crippen LogP contribution < -0.4 is 0 Å². The highest BCUT2D eigenvalue weighted by Gasteiger charge is 2.34. The van der Waals surface area contributed by atoms with Crippen molar-refractivity contribution in [2.45, 2.75) is 19.3 Å². The summed E-state index contributed by atoms with van der Waals surface area (Å²) in [7, 11) is 0. The van der Waals surface area contributed by atoms with Crippen molar-refractivity contribution in [2.75, 3.05) is 6.54 Å². The van der Waals surface area contributed by atoms with Crippen LogP contribution in [0.1, 0.15) is 45.5 Å². The number of carbonyl (C=O) groups is 2. The van der Waals surface area contributed by atoms with Gasteiger partial charge >= 0.3 is 0 Å². The molecule has 4 rings (SSSR count). The van der Waals surface area contributed by atoms with E-state index in [1.54, 1.807) is 24.3 Å². The lowest BCUT2D eigenvalue weighted by Crippen LogP contribution is -2.31. The molecule has 1 heterocycles. The van der Waals surface area contributed by atoms with Crippen molar-refractivity contribution in [3.8, 4) is 11.1 Å². The number of fused-ring (bicyclic) bond motifs is 1. The van der Waals surface area contributed by atoms with Gasteiger partial charge in [-0.15, -0.1) is 0 Å². The van der Waals surface area contributed by atoms with Crippen LogP contribution in [0.15, 0.2) is 72.8 Å². The maximum absolute atomic E-state index is 12.5. The fourth-order valence-electron chi connectivity index (χ4n) is 3.62. The largest absolute Gasteiger partial charge is 0.274 e. The van der Waals surface area contributed by atoms with Gasteiger partial charge in [-0.05, 0) is 41.7 Å². The standard InChI is InChI=1S/C24H20ClNO2/c1-16(14-15-26-23(27)20-7-2-3-8-21(20)24(26)28)17-10-12-18(13-11-17)19-6-4-5-9-22(19)25/h2-13,16H,14-15H2,1H3. The zero-order valence-corrected chi connectivity index (χ0v) is 16.3. The SMILES string of the molecule is CC(CCN1C(=O)c2ccccc2C1=O)c1ccc(-c2ccccc2Cl)cc1. The zero-order chi connectivity index (χ0) is 19.7. The number of imide groups is 1. The summed E-state index contributed by atoms with van der Waals surface area (Å²) in [6.07, 6.45) is 0.719. The lowest BCUT2D eigenvalue weighted by molar-refractivity contribution is 0.0650. The summed E-state index contributed by atoms with van der Waals surface area (Å²) in [6.45, 7) is 2.53. The number of hydrogen-bond acceptors (Lipinski definition) is 2. The van der Waals surface area contributed by atoms with Gasteiger partial charge in [-0.2, -0.15) is 0 Å². The third-order valence-electron chi connectivity index (χ3n) is 5.33. The Morgan fingerprint density at radius 2 is 1.32 bits per heavy atom. The Labute approximate surface area is 169 Å². The highest BCUT2D eigenvalue weighted by Crippen LogP contribution is 2.30. The van der Waals surface area contributed by atoms with Gasteiger partial charge < -0.3 is 0 Å². The molecule has 0 N–H and O–H groups in total. The van der Waals surface area contributed by atoms with E-state index in [1.807, 2.05) is 24.3 Å². The number of amides is 2. The molecule has 3 aromatic rings. The van der Waals surface area contributed by atoms with Gasteiger partial charge in [0.05, 0.1) is 11.1 Å². The van der Waals surface area contributed by atoms with Crippen LogP contribution in [0.2, 0.25) is 5.02 Å². The minimum atomic E-state index is -0.193. The van der Waals surface area contributed by atoms with Gasteiger partial charge in [-0.1, -0.05) is 73.1 Å². The monoisotopic (exact) mass is 389 g/mol. The molecule has 0 bridgehead atoms. The second-order valence-corrected chi connectivity index (χ2v) is 7.51. The van der Waals surface area contributed by atoms with E-state index in [0.29, 0.717) is 17.7 Å². The average molecular weight is 390 g/mol. The molecule has 1 unspecified atom stereocenters. The summed E-state index contributed by atoms with van der Waals surface area (Å²) in [5.41, 5.74) is 4.26. The van der Waals surface area contributed by atoms with E-state index in [9.17, 15) is 9.59 Å². The molecule has 2 amide bonds. The van der Waals surface area contributed by atoms with E-state index >= 15 is 0 Å². The summed E-state index contributed by atoms with van der Waals surface area (Å²) >= 11 is 6.28. The lowest BCUT2D eigenvalue weighted by Gasteiger charge is -2.18. The number of nitrogens with zero attached hydrogens (tertiary/aromatic N) is 1. The Kier molecular flexibility index (Phi) is 5.01. The zero-order valence-electron chi connectivity index (χ0n) is 15.6. The van der Waals surface area contributed by atoms with E-state index in [2.05, 4.69) is 31.2 Å². The molecule has 28 heavy (non-hydrogen) atoms. The first kappa shape index (κ1) is 18.5. The van der Waals surface area contributed by atoms with Crippen molar-refractivity contribution in [2.24, 2.45) is 0 Å². The summed E-state index contributed by atoms with van der Waals surface area (Å²) in [6, 6.07) is 23.1. The van der Waals surface area contributed by atoms with Crippen LogP contribution in [-0.2, 0) is 0 Å². The highest BCUT2D eigenvalue weighted by atomic mass is 35.5. The van der Waals surface area contributed by atoms with Crippen LogP contribution >= 0.6 is 11.6 Å². The first-order chi connectivity index (χ1) is 13.6. The number of rotatable bonds is 5. The maximum Gasteiger partial charge on any atom is 0.261 e. The minimum absolute atomic E-state index is 0.193. The molecule has 0 radical (unpaired) electrons. The predicted octanol–water partition coefficient (Wildman–Crippen LogP) is 5.80. The van der Waals surface area contributed by atoms with E-state index < -0.39 is 0 Å². The molecule has 1 aliphatic heterocycles. The molecule has 0 aromatic heterocycles. The van der Waals surface area contributed by atoms with Gasteiger partial charge in [0.25, 0.3) is 11.8 Å². The normalized spacial score (nSPS) is 14.3. The fraction of sp³-hybridized carbons (Fsp3) is 0.167. The van der Waals surface area contributed by atoms with Crippen molar-refractivity contribution in [1.29, 1.82) is 0 Å². The molecule has 1 aliphatic rings. The number of halogens is 1. The molecule has 0 aliphatic carbocycles. The molecule has 0 saturated carbocycles. The van der Waals surface area contributed by atoms with E-state index in [1.165, 1.54) is 10.5 Å². The second kappa shape index (κ2) is 7.61. The summed E-state index contributed by atoms with van der Waals surface area (Å²) < 4.78 is 0. The van der Waals surface area contributed by atoms with Crippen LogP contribution in [-0.4, -0.2) is 23.3 Å². The van der Waals surface area contributed by atoms with Crippen molar-refractivity contribution in [3.05, 3.63) is 94.5 Å². The van der Waals surface area contributed by atoms with E-state index in [4.69, 9.17) is 11.6 Å². The smallest absolute Gasteiger partial charge is 0.261 e. The van der Waals surface area contributed by atoms with Crippen molar-refractivity contribution in [1.82, 2.24) is 4.90 Å². The molecule has 140 valence electrons. The Bertz CT molecular complexity index is 1010. The summed E-state index contributed by atoms with van der Waals surface area (Å²) in [5, 5.41) is 0.730. The molecule has 1 atom stereocenters. The van der Waals surface area contributed by atoms with Crippen molar-refractivity contribution < 1.29 is 9.59 Å². The quantitative estimate of drug-likeness (QED) is 0.517. The van der Waals surface area contributed by atoms with Gasteiger partial charge in [0.2, 0.25) is 0 Å². The number of hydrogen-bond donors (Lipinski definition) is 0. The molecular weight excluding hydrogens is 370 g/mol. The highest BCUT2D eigenvalue weighted by molar-refractivity contribution is 6.33. The van der Waals surface area contributed by atoms with Gasteiger partial charge in [-0.3, -0.25) is 14.5 Å². The Hall–Kier alpha value is -2.91. The first-order valence-corrected chi connectivity index (χ1v) is 9.74. The van der Waals surface area contributed by atoms with Crippen LogP contribution in [0.5, 0.6) is 0 Å². The molecule has 4 heteroatoms. The van der Waals surface area contributed by atoms with Gasteiger partial charge in [0.15, 0.2) is 0 Å². The van der Waals surface area contributed by atoms with E-state index in [-0.39, 0.29) is 17.7 Å². The van der Waals surface area contributed by atoms with Crippen molar-refractivity contribution in [3.63, 3.8) is 0 Å². The Morgan fingerprint density at radius 1 is 0.786 bits per heavy atom. The molecule has 0 spiro atoms. The van der Waals surface area contributed by atoms with Crippen LogP contribution in [0, 0.1) is 0 Å². The molecule has 3 nitrogen and oxygen atoms in total. The summed E-state index contributed by atoms with van der Waals surface area (Å²) in [5.74, 6) is -0.159. The van der Waals surface area contributed by atoms with Gasteiger partial charge in [0, 0.05) is 17.1 Å². The average Bonchev–Trinajstić information content (AvgIpc) is 2.97. The van der Waals surface area contributed by atoms with Crippen molar-refractivity contribution >= 4 is 23.4 Å². The van der Waals surface area contributed by atoms with E-state index in [0.717, 1.165) is 22.6 Å². The third kappa shape index (κ3) is 3.34. The first-order valence-electron chi connectivity index (χ1n) is 9.36. The second-order valence-electron chi connectivity index (χ2n) is 7.10. The predicted molar refractivity (Wildman–Crippen MR) is 112 cm³/mol. The Morgan fingerprint density at radius 3 is 1.89 bits per heavy atom. The van der Waals surface area contributed by atoms with Gasteiger partial charge in [0.1, 0.15) is 0 Å². The Balaban J connectivity index is 1.44. The van der Waals surface area contributed by atoms with Crippen LogP contribution in [0.25, 0.3) is 11.1 Å². The molecule has 3 aromatic carbocycles. The molecule has 0 saturated heterocycles. The van der Waals surface area contributed by atoms with Crippen LogP contribution in [0.4, 0.5) is 0 Å². The number of benzene rings is 3. The summed E-state index contributed by atoms with van der Waals surface area (Å²) in [4.78, 5) is 26.3. The van der Waals surface area contributed by atoms with Crippen LogP contribution in [0.3, 0.4) is 0 Å². The third-order valence-corrected chi connectivity index (χ3v) is 5.66. The topological polar surface area (TPSA) is 37.4 Å². The minimum Gasteiger partial charge on any atom is -0.274 e.